The molecule has 0 spiro atoms. The van der Waals surface area contributed by atoms with Gasteiger partial charge in [-0.2, -0.15) is 0 Å². The molecule has 10 heteroatoms. The van der Waals surface area contributed by atoms with E-state index in [9.17, 15) is 22.8 Å². The Morgan fingerprint density at radius 1 is 0.909 bits per heavy atom. The van der Waals surface area contributed by atoms with Gasteiger partial charge in [-0.1, -0.05) is 30.3 Å². The molecule has 0 fully saturated rings. The molecule has 0 saturated heterocycles. The lowest BCUT2D eigenvalue weighted by atomic mass is 10.1. The van der Waals surface area contributed by atoms with E-state index in [0.29, 0.717) is 5.75 Å². The van der Waals surface area contributed by atoms with Crippen molar-refractivity contribution >= 4 is 39.1 Å². The van der Waals surface area contributed by atoms with E-state index >= 15 is 0 Å². The third-order valence-corrected chi connectivity index (χ3v) is 6.32. The molecule has 0 saturated carbocycles. The van der Waals surface area contributed by atoms with Gasteiger partial charge in [0.05, 0.1) is 28.8 Å². The van der Waals surface area contributed by atoms with Crippen molar-refractivity contribution in [3.05, 3.63) is 83.9 Å². The Balaban J connectivity index is 1.48. The number of para-hydroxylation sites is 2. The maximum absolute atomic E-state index is 12.8. The summed E-state index contributed by atoms with van der Waals surface area (Å²) < 4.78 is 33.3. The zero-order chi connectivity index (χ0) is 23.6. The Hall–Kier alpha value is -4.18. The molecule has 0 bridgehead atoms. The van der Waals surface area contributed by atoms with Gasteiger partial charge in [0.25, 0.3) is 21.8 Å². The lowest BCUT2D eigenvalue weighted by molar-refractivity contribution is -0.116. The van der Waals surface area contributed by atoms with Gasteiger partial charge in [0.2, 0.25) is 5.91 Å². The number of nitrogens with zero attached hydrogens (tertiary/aromatic N) is 1. The van der Waals surface area contributed by atoms with Gasteiger partial charge in [0, 0.05) is 5.69 Å². The van der Waals surface area contributed by atoms with Crippen molar-refractivity contribution in [3.63, 3.8) is 0 Å². The third kappa shape index (κ3) is 4.41. The maximum atomic E-state index is 12.8. The Kier molecular flexibility index (Phi) is 5.84. The largest absolute Gasteiger partial charge is 0.495 e. The molecule has 3 aromatic rings. The standard InChI is InChI=1S/C23H19N3O6S/c1-32-20-12-5-4-11-19(20)25-33(30,31)16-8-6-7-15(13-16)24-21(27)14-26-22(28)17-9-2-3-10-18(17)23(26)29/h2-13,25H,14H2,1H3,(H,24,27). The second-order valence-corrected chi connectivity index (χ2v) is 8.81. The molecule has 4 rings (SSSR count). The lowest BCUT2D eigenvalue weighted by Gasteiger charge is -2.15. The number of ether oxygens (including phenoxy) is 1. The number of sulfonamides is 1. The summed E-state index contributed by atoms with van der Waals surface area (Å²) in [6.07, 6.45) is 0. The van der Waals surface area contributed by atoms with Crippen LogP contribution in [0.4, 0.5) is 11.4 Å². The highest BCUT2D eigenvalue weighted by Gasteiger charge is 2.36. The highest BCUT2D eigenvalue weighted by Crippen LogP contribution is 2.27. The molecule has 3 aromatic carbocycles. The smallest absolute Gasteiger partial charge is 0.262 e. The summed E-state index contributed by atoms with van der Waals surface area (Å²) >= 11 is 0. The normalized spacial score (nSPS) is 12.9. The minimum atomic E-state index is -3.98. The second kappa shape index (κ2) is 8.75. The minimum absolute atomic E-state index is 0.0908. The number of fused-ring (bicyclic) bond motifs is 1. The summed E-state index contributed by atoms with van der Waals surface area (Å²) in [5.41, 5.74) is 0.941. The first-order valence-corrected chi connectivity index (χ1v) is 11.3. The van der Waals surface area contributed by atoms with E-state index in [1.165, 1.54) is 43.5 Å². The number of amides is 3. The number of anilines is 2. The molecule has 1 heterocycles. The van der Waals surface area contributed by atoms with Crippen LogP contribution < -0.4 is 14.8 Å². The van der Waals surface area contributed by atoms with E-state index in [-0.39, 0.29) is 27.4 Å². The molecule has 168 valence electrons. The van der Waals surface area contributed by atoms with E-state index in [2.05, 4.69) is 10.0 Å². The Labute approximate surface area is 190 Å². The van der Waals surface area contributed by atoms with Crippen LogP contribution in [0.5, 0.6) is 5.75 Å². The van der Waals surface area contributed by atoms with Crippen molar-refractivity contribution in [1.82, 2.24) is 4.90 Å². The van der Waals surface area contributed by atoms with Gasteiger partial charge in [0.15, 0.2) is 0 Å². The molecular weight excluding hydrogens is 446 g/mol. The quantitative estimate of drug-likeness (QED) is 0.518. The summed E-state index contributed by atoms with van der Waals surface area (Å²) in [4.78, 5) is 38.1. The van der Waals surface area contributed by atoms with E-state index in [0.717, 1.165) is 4.90 Å². The number of carbonyl (C=O) groups excluding carboxylic acids is 3. The Morgan fingerprint density at radius 2 is 1.55 bits per heavy atom. The third-order valence-electron chi connectivity index (χ3n) is 4.96. The number of rotatable bonds is 7. The SMILES string of the molecule is COc1ccccc1NS(=O)(=O)c1cccc(NC(=O)CN2C(=O)c3ccccc3C2=O)c1. The van der Waals surface area contributed by atoms with Gasteiger partial charge in [-0.3, -0.25) is 24.0 Å². The van der Waals surface area contributed by atoms with E-state index in [4.69, 9.17) is 4.74 Å². The monoisotopic (exact) mass is 465 g/mol. The Bertz CT molecular complexity index is 1330. The van der Waals surface area contributed by atoms with Gasteiger partial charge in [-0.15, -0.1) is 0 Å². The molecule has 3 amide bonds. The van der Waals surface area contributed by atoms with Crippen LogP contribution in [0.25, 0.3) is 0 Å². The number of imide groups is 1. The van der Waals surface area contributed by atoms with Crippen LogP contribution in [-0.2, 0) is 14.8 Å². The molecule has 0 aromatic heterocycles. The van der Waals surface area contributed by atoms with Crippen molar-refractivity contribution in [2.75, 3.05) is 23.7 Å². The lowest BCUT2D eigenvalue weighted by Crippen LogP contribution is -2.37. The summed E-state index contributed by atoms with van der Waals surface area (Å²) in [6, 6.07) is 18.5. The van der Waals surface area contributed by atoms with Crippen molar-refractivity contribution < 1.29 is 27.5 Å². The first kappa shape index (κ1) is 22.0. The number of hydrogen-bond acceptors (Lipinski definition) is 6. The number of carbonyl (C=O) groups is 3. The number of hydrogen-bond donors (Lipinski definition) is 2. The molecule has 0 radical (unpaired) electrons. The van der Waals surface area contributed by atoms with E-state index in [1.807, 2.05) is 0 Å². The van der Waals surface area contributed by atoms with Crippen LogP contribution in [-0.4, -0.2) is 44.7 Å². The number of nitrogens with one attached hydrogen (secondary N) is 2. The first-order valence-electron chi connectivity index (χ1n) is 9.81. The highest BCUT2D eigenvalue weighted by atomic mass is 32.2. The van der Waals surface area contributed by atoms with Crippen molar-refractivity contribution in [2.24, 2.45) is 0 Å². The minimum Gasteiger partial charge on any atom is -0.495 e. The molecule has 9 nitrogen and oxygen atoms in total. The molecule has 0 aliphatic carbocycles. The molecule has 0 atom stereocenters. The Morgan fingerprint density at radius 3 is 2.21 bits per heavy atom. The second-order valence-electron chi connectivity index (χ2n) is 7.12. The van der Waals surface area contributed by atoms with Crippen LogP contribution in [0.1, 0.15) is 20.7 Å². The fraction of sp³-hybridized carbons (Fsp3) is 0.0870. The van der Waals surface area contributed by atoms with Gasteiger partial charge in [-0.25, -0.2) is 8.42 Å². The van der Waals surface area contributed by atoms with Gasteiger partial charge in [-0.05, 0) is 42.5 Å². The fourth-order valence-electron chi connectivity index (χ4n) is 3.40. The summed E-state index contributed by atoms with van der Waals surface area (Å²) in [7, 11) is -2.55. The summed E-state index contributed by atoms with van der Waals surface area (Å²) in [5.74, 6) is -1.39. The van der Waals surface area contributed by atoms with Crippen molar-refractivity contribution in [3.8, 4) is 5.75 Å². The predicted octanol–water partition coefficient (Wildman–Crippen LogP) is 2.73. The maximum Gasteiger partial charge on any atom is 0.262 e. The zero-order valence-electron chi connectivity index (χ0n) is 17.4. The van der Waals surface area contributed by atoms with Crippen molar-refractivity contribution in [1.29, 1.82) is 0 Å². The van der Waals surface area contributed by atoms with Gasteiger partial charge in [0.1, 0.15) is 12.3 Å². The molecule has 2 N–H and O–H groups in total. The van der Waals surface area contributed by atoms with Crippen molar-refractivity contribution in [2.45, 2.75) is 4.90 Å². The topological polar surface area (TPSA) is 122 Å². The van der Waals surface area contributed by atoms with Crippen LogP contribution in [0.2, 0.25) is 0 Å². The molecule has 33 heavy (non-hydrogen) atoms. The van der Waals surface area contributed by atoms with Crippen LogP contribution in [0.15, 0.2) is 77.7 Å². The van der Waals surface area contributed by atoms with E-state index in [1.54, 1.807) is 36.4 Å². The zero-order valence-corrected chi connectivity index (χ0v) is 18.3. The fourth-order valence-corrected chi connectivity index (χ4v) is 4.52. The average molecular weight is 465 g/mol. The number of methoxy groups -OCH3 is 1. The van der Waals surface area contributed by atoms with E-state index < -0.39 is 34.3 Å². The van der Waals surface area contributed by atoms with Crippen LogP contribution >= 0.6 is 0 Å². The predicted molar refractivity (Wildman–Crippen MR) is 121 cm³/mol. The molecular formula is C23H19N3O6S. The summed E-state index contributed by atoms with van der Waals surface area (Å²) in [5, 5.41) is 2.53. The highest BCUT2D eigenvalue weighted by molar-refractivity contribution is 7.92. The first-order chi connectivity index (χ1) is 15.8. The van der Waals surface area contributed by atoms with Crippen LogP contribution in [0, 0.1) is 0 Å². The molecule has 0 unspecified atom stereocenters. The molecule has 1 aliphatic heterocycles. The molecule has 1 aliphatic rings. The number of benzene rings is 3. The average Bonchev–Trinajstić information content (AvgIpc) is 3.04. The van der Waals surface area contributed by atoms with Gasteiger partial charge < -0.3 is 10.1 Å². The van der Waals surface area contributed by atoms with Crippen LogP contribution in [0.3, 0.4) is 0 Å². The van der Waals surface area contributed by atoms with Gasteiger partial charge >= 0.3 is 0 Å². The summed E-state index contributed by atoms with van der Waals surface area (Å²) in [6.45, 7) is -0.497.